The number of hydrogen-bond acceptors (Lipinski definition) is 12. The quantitative estimate of drug-likeness (QED) is 0.0574. The van der Waals surface area contributed by atoms with Gasteiger partial charge < -0.3 is 51.2 Å². The van der Waals surface area contributed by atoms with Crippen LogP contribution < -0.4 is 31.9 Å². The molecule has 0 bridgehead atoms. The fourth-order valence-electron chi connectivity index (χ4n) is 12.6. The molecule has 2 heterocycles. The van der Waals surface area contributed by atoms with Crippen LogP contribution in [0, 0.1) is 10.8 Å². The lowest BCUT2D eigenvalue weighted by atomic mass is 9.85. The SMILES string of the molecule is C[C@@H](C(=O)N[C@H](C(=O)N1CC(NC(=O)CCCCCCCCC(=O)N[C@H]2C[C@@H](C(=O)N[C@@H]3CCCc4ccccc43)N(C(=O)[C@@H](NC(=O)[C@H](C)N(C)C(=O)OC(C)(C)C)C(C)(C)C)C2)C[C@H]1C(=O)N[C@@H]1CCCc2ccccc21)C(C)(C)C)N(C)C(=O)OC(C)(C)C. The summed E-state index contributed by atoms with van der Waals surface area (Å²) in [7, 11) is 2.92. The first-order valence-corrected chi connectivity index (χ1v) is 33.4. The van der Waals surface area contributed by atoms with E-state index in [1.807, 2.05) is 77.9 Å². The molecule has 0 spiro atoms. The first-order chi connectivity index (χ1) is 42.9. The van der Waals surface area contributed by atoms with Crippen molar-refractivity contribution in [1.82, 2.24) is 51.5 Å². The van der Waals surface area contributed by atoms with Gasteiger partial charge in [-0.05, 0) is 153 Å². The highest BCUT2D eigenvalue weighted by molar-refractivity contribution is 5.96. The summed E-state index contributed by atoms with van der Waals surface area (Å²) in [4.78, 5) is 145. The van der Waals surface area contributed by atoms with Crippen molar-refractivity contribution in [2.75, 3.05) is 27.2 Å². The van der Waals surface area contributed by atoms with Crippen LogP contribution in [0.1, 0.15) is 221 Å². The number of rotatable bonds is 23. The van der Waals surface area contributed by atoms with E-state index in [-0.39, 0.29) is 74.5 Å². The second-order valence-corrected chi connectivity index (χ2v) is 30.1. The van der Waals surface area contributed by atoms with Gasteiger partial charge in [0.1, 0.15) is 47.5 Å². The second kappa shape index (κ2) is 31.6. The van der Waals surface area contributed by atoms with Crippen LogP contribution in [-0.2, 0) is 60.7 Å². The van der Waals surface area contributed by atoms with Crippen molar-refractivity contribution in [3.05, 3.63) is 70.8 Å². The first kappa shape index (κ1) is 73.8. The number of hydrogen-bond donors (Lipinski definition) is 6. The zero-order chi connectivity index (χ0) is 68.2. The molecule has 0 aromatic heterocycles. The van der Waals surface area contributed by atoms with Gasteiger partial charge in [-0.1, -0.05) is 116 Å². The summed E-state index contributed by atoms with van der Waals surface area (Å²) in [5.41, 5.74) is 1.17. The lowest BCUT2D eigenvalue weighted by Gasteiger charge is -2.37. The number of aryl methyl sites for hydroxylation is 2. The van der Waals surface area contributed by atoms with Crippen LogP contribution >= 0.6 is 0 Å². The van der Waals surface area contributed by atoms with Gasteiger partial charge in [-0.25, -0.2) is 9.59 Å². The van der Waals surface area contributed by atoms with Crippen molar-refractivity contribution in [1.29, 1.82) is 0 Å². The number of benzene rings is 2. The average molecular weight is 1280 g/mol. The van der Waals surface area contributed by atoms with Crippen molar-refractivity contribution in [2.45, 2.75) is 271 Å². The highest BCUT2D eigenvalue weighted by Gasteiger charge is 2.49. The summed E-state index contributed by atoms with van der Waals surface area (Å²) in [6.45, 7) is 24.5. The van der Waals surface area contributed by atoms with Gasteiger partial charge in [0, 0.05) is 52.1 Å². The van der Waals surface area contributed by atoms with Crippen LogP contribution in [0.2, 0.25) is 0 Å². The molecule has 22 heteroatoms. The fraction of sp³-hybridized carbons (Fsp3) is 0.686. The van der Waals surface area contributed by atoms with E-state index in [0.29, 0.717) is 12.8 Å². The van der Waals surface area contributed by atoms with Crippen molar-refractivity contribution in [2.24, 2.45) is 10.8 Å². The van der Waals surface area contributed by atoms with Gasteiger partial charge in [0.15, 0.2) is 0 Å². The number of amides is 10. The predicted octanol–water partition coefficient (Wildman–Crippen LogP) is 8.24. The van der Waals surface area contributed by atoms with Crippen molar-refractivity contribution < 1.29 is 57.4 Å². The van der Waals surface area contributed by atoms with Crippen LogP contribution in [0.5, 0.6) is 0 Å². The van der Waals surface area contributed by atoms with Gasteiger partial charge in [0.05, 0.1) is 12.1 Å². The molecule has 0 radical (unpaired) electrons. The minimum Gasteiger partial charge on any atom is -0.444 e. The maximum atomic E-state index is 14.9. The van der Waals surface area contributed by atoms with E-state index in [9.17, 15) is 47.9 Å². The van der Waals surface area contributed by atoms with Gasteiger partial charge >= 0.3 is 12.2 Å². The normalized spacial score (nSPS) is 21.2. The number of likely N-dealkylation sites (tertiary alicyclic amines) is 2. The summed E-state index contributed by atoms with van der Waals surface area (Å²) in [6, 6.07) is 8.36. The second-order valence-electron chi connectivity index (χ2n) is 30.1. The van der Waals surface area contributed by atoms with E-state index in [1.54, 1.807) is 55.4 Å². The zero-order valence-electron chi connectivity index (χ0n) is 57.8. The number of nitrogens with zero attached hydrogens (tertiary/aromatic N) is 4. The minimum atomic E-state index is -1.10. The minimum absolute atomic E-state index is 0.0466. The number of carbonyl (C=O) groups is 10. The lowest BCUT2D eigenvalue weighted by molar-refractivity contribution is -0.144. The Bertz CT molecular complexity index is 2770. The maximum Gasteiger partial charge on any atom is 0.410 e. The third kappa shape index (κ3) is 20.6. The van der Waals surface area contributed by atoms with Gasteiger partial charge in [0.25, 0.3) is 0 Å². The molecule has 4 aliphatic rings. The Morgan fingerprint density at radius 1 is 0.500 bits per heavy atom. The monoisotopic (exact) mass is 1280 g/mol. The van der Waals surface area contributed by atoms with Crippen molar-refractivity contribution >= 4 is 59.4 Å². The topological polar surface area (TPSA) is 274 Å². The van der Waals surface area contributed by atoms with E-state index in [4.69, 9.17) is 9.47 Å². The number of ether oxygens (including phenoxy) is 2. The number of likely N-dealkylation sites (N-methyl/N-ethyl adjacent to an activating group) is 2. The Kier molecular flexibility index (Phi) is 25.3. The van der Waals surface area contributed by atoms with E-state index in [0.717, 1.165) is 86.5 Å². The van der Waals surface area contributed by atoms with Crippen LogP contribution in [0.3, 0.4) is 0 Å². The van der Waals surface area contributed by atoms with Gasteiger partial charge in [-0.3, -0.25) is 48.2 Å². The van der Waals surface area contributed by atoms with Gasteiger partial charge in [-0.15, -0.1) is 0 Å². The van der Waals surface area contributed by atoms with Crippen LogP contribution in [-0.4, -0.2) is 166 Å². The molecule has 6 N–H and O–H groups in total. The molecule has 10 amide bonds. The molecule has 22 nitrogen and oxygen atoms in total. The third-order valence-electron chi connectivity index (χ3n) is 18.0. The smallest absolute Gasteiger partial charge is 0.410 e. The summed E-state index contributed by atoms with van der Waals surface area (Å²) in [6.07, 6.45) is 8.82. The molecule has 2 aromatic rings. The largest absolute Gasteiger partial charge is 0.444 e. The molecule has 2 saturated heterocycles. The first-order valence-electron chi connectivity index (χ1n) is 33.4. The predicted molar refractivity (Wildman–Crippen MR) is 351 cm³/mol. The molecule has 2 aliphatic carbocycles. The van der Waals surface area contributed by atoms with E-state index >= 15 is 0 Å². The summed E-state index contributed by atoms with van der Waals surface area (Å²) >= 11 is 0. The third-order valence-corrected chi connectivity index (χ3v) is 18.0. The summed E-state index contributed by atoms with van der Waals surface area (Å²) in [5, 5.41) is 18.5. The number of fused-ring (bicyclic) bond motifs is 2. The molecular formula is C70H108N10O12. The molecule has 1 unspecified atom stereocenters. The standard InChI is InChI=1S/C70H108N10O12/c1-43(77(15)65(89)91-69(9,10)11)59(83)75-57(67(3,4)5)63(87)79-41-47(39-53(79)61(85)73-51-35-27-31-45-29-23-25-33-49(45)51)71-55(81)37-21-19-17-18-20-22-38-56(82)72-48-40-54(62(86)74-52-36-28-32-46-30-24-26-34-50(46)52)80(42-48)64(88)58(68(6,7)8)76-60(84)44(2)78(16)66(90)92-70(12,13)14/h23-26,29-30,33-34,43-44,47-48,51-54,57-58H,17-22,27-28,31-32,35-42H2,1-16H3,(H,71,81)(H,72,82)(H,73,85)(H,74,86)(H,75,83)(H,76,84)/t43-,44-,47-,48?,51+,52+,53-,54-,57+,58+/m0/s1. The van der Waals surface area contributed by atoms with Crippen LogP contribution in [0.15, 0.2) is 48.5 Å². The molecule has 6 rings (SSSR count). The van der Waals surface area contributed by atoms with Gasteiger partial charge in [0.2, 0.25) is 47.3 Å². The van der Waals surface area contributed by atoms with E-state index in [2.05, 4.69) is 44.0 Å². The van der Waals surface area contributed by atoms with Gasteiger partial charge in [-0.2, -0.15) is 0 Å². The van der Waals surface area contributed by atoms with Crippen LogP contribution in [0.4, 0.5) is 9.59 Å². The molecule has 2 aliphatic heterocycles. The molecule has 510 valence electrons. The number of carbonyl (C=O) groups excluding carboxylic acids is 10. The Hall–Kier alpha value is -7.26. The zero-order valence-corrected chi connectivity index (χ0v) is 57.8. The molecule has 2 fully saturated rings. The Labute approximate surface area is 546 Å². The molecular weight excluding hydrogens is 1170 g/mol. The summed E-state index contributed by atoms with van der Waals surface area (Å²) in [5.74, 6) is -3.19. The highest BCUT2D eigenvalue weighted by Crippen LogP contribution is 2.34. The molecule has 2 aromatic carbocycles. The van der Waals surface area contributed by atoms with E-state index < -0.39 is 106 Å². The Balaban J connectivity index is 1.02. The number of nitrogens with one attached hydrogen (secondary N) is 6. The molecule has 10 atom stereocenters. The van der Waals surface area contributed by atoms with Crippen LogP contribution in [0.25, 0.3) is 0 Å². The van der Waals surface area contributed by atoms with Crippen molar-refractivity contribution in [3.8, 4) is 0 Å². The van der Waals surface area contributed by atoms with Crippen molar-refractivity contribution in [3.63, 3.8) is 0 Å². The fourth-order valence-corrected chi connectivity index (χ4v) is 12.6. The Morgan fingerprint density at radius 2 is 0.837 bits per heavy atom. The molecule has 92 heavy (non-hydrogen) atoms. The Morgan fingerprint density at radius 3 is 1.17 bits per heavy atom. The number of unbranched alkanes of at least 4 members (excludes halogenated alkanes) is 5. The highest BCUT2D eigenvalue weighted by atomic mass is 16.6. The van der Waals surface area contributed by atoms with E-state index in [1.165, 1.54) is 33.7 Å². The lowest BCUT2D eigenvalue weighted by Crippen LogP contribution is -2.60. The molecule has 0 saturated carbocycles. The summed E-state index contributed by atoms with van der Waals surface area (Å²) < 4.78 is 11.0. The average Bonchev–Trinajstić information content (AvgIpc) is 1.57. The maximum absolute atomic E-state index is 14.9.